The number of carbonyl (C=O) groups excluding carboxylic acids is 2. The van der Waals surface area contributed by atoms with E-state index in [1.807, 2.05) is 72.0 Å². The normalized spacial score (nSPS) is 36.6. The van der Waals surface area contributed by atoms with Crippen molar-refractivity contribution < 1.29 is 43.5 Å². The van der Waals surface area contributed by atoms with Crippen LogP contribution in [0.3, 0.4) is 0 Å². The Morgan fingerprint density at radius 1 is 1.15 bits per heavy atom. The third kappa shape index (κ3) is 4.85. The first-order valence-corrected chi connectivity index (χ1v) is 17.0. The predicted octanol–water partition coefficient (Wildman–Crippen LogP) is 5.35. The summed E-state index contributed by atoms with van der Waals surface area (Å²) in [5, 5.41) is 22.6. The summed E-state index contributed by atoms with van der Waals surface area (Å²) in [6.07, 6.45) is 4.13. The van der Waals surface area contributed by atoms with Gasteiger partial charge in [-0.1, -0.05) is 56.0 Å². The fraction of sp³-hybridized carbons (Fsp3) is 0.459. The van der Waals surface area contributed by atoms with Gasteiger partial charge in [0.2, 0.25) is 0 Å². The molecule has 0 radical (unpaired) electrons. The lowest BCUT2D eigenvalue weighted by Crippen LogP contribution is -2.70. The third-order valence-corrected chi connectivity index (χ3v) is 11.6. The van der Waals surface area contributed by atoms with Gasteiger partial charge < -0.3 is 33.9 Å². The van der Waals surface area contributed by atoms with Crippen molar-refractivity contribution in [1.29, 1.82) is 0 Å². The maximum Gasteiger partial charge on any atom is 0.310 e. The van der Waals surface area contributed by atoms with Gasteiger partial charge in [-0.05, 0) is 88.8 Å². The highest BCUT2D eigenvalue weighted by Gasteiger charge is 2.79. The van der Waals surface area contributed by atoms with Gasteiger partial charge >= 0.3 is 5.97 Å². The highest BCUT2D eigenvalue weighted by atomic mass is 127. The molecule has 2 aliphatic heterocycles. The topological polar surface area (TPSA) is 121 Å². The zero-order valence-corrected chi connectivity index (χ0v) is 29.0. The number of halogens is 1. The van der Waals surface area contributed by atoms with Gasteiger partial charge in [0.25, 0.3) is 5.97 Å². The molecular formula is C37H39IO9. The van der Waals surface area contributed by atoms with Crippen LogP contribution in [0.5, 0.6) is 11.5 Å². The molecule has 3 aliphatic carbocycles. The molecule has 0 amide bonds. The van der Waals surface area contributed by atoms with Crippen LogP contribution in [-0.2, 0) is 41.4 Å². The minimum absolute atomic E-state index is 0.00680. The predicted molar refractivity (Wildman–Crippen MR) is 179 cm³/mol. The van der Waals surface area contributed by atoms with E-state index in [0.717, 1.165) is 11.1 Å². The molecule has 248 valence electrons. The Labute approximate surface area is 287 Å². The van der Waals surface area contributed by atoms with E-state index in [1.165, 1.54) is 7.11 Å². The molecule has 0 spiro atoms. The van der Waals surface area contributed by atoms with Gasteiger partial charge in [0.15, 0.2) is 17.3 Å². The second kappa shape index (κ2) is 11.3. The minimum Gasteiger partial charge on any atom is -0.504 e. The molecule has 1 unspecified atom stereocenters. The van der Waals surface area contributed by atoms with Crippen LogP contribution in [0.1, 0.15) is 44.7 Å². The van der Waals surface area contributed by atoms with Crippen molar-refractivity contribution in [3.05, 3.63) is 92.6 Å². The van der Waals surface area contributed by atoms with Gasteiger partial charge in [-0.2, -0.15) is 0 Å². The number of methoxy groups -OCH3 is 1. The van der Waals surface area contributed by atoms with Crippen molar-refractivity contribution in [1.82, 2.24) is 0 Å². The van der Waals surface area contributed by atoms with Crippen LogP contribution in [-0.4, -0.2) is 64.6 Å². The lowest BCUT2D eigenvalue weighted by atomic mass is 9.55. The third-order valence-electron chi connectivity index (χ3n) is 10.8. The molecule has 8 atom stereocenters. The van der Waals surface area contributed by atoms with Gasteiger partial charge in [-0.3, -0.25) is 9.59 Å². The molecule has 10 heteroatoms. The van der Waals surface area contributed by atoms with Crippen LogP contribution in [0.4, 0.5) is 0 Å². The number of Topliss-reactive ketones (excluding diaryl/α,β-unsaturated/α-hetero) is 1. The first-order chi connectivity index (χ1) is 22.3. The van der Waals surface area contributed by atoms with Gasteiger partial charge in [-0.15, -0.1) is 0 Å². The van der Waals surface area contributed by atoms with Crippen LogP contribution in [0.2, 0.25) is 0 Å². The zero-order valence-electron chi connectivity index (χ0n) is 26.9. The molecule has 3 fully saturated rings. The molecule has 2 heterocycles. The van der Waals surface area contributed by atoms with Crippen LogP contribution in [0, 0.1) is 21.3 Å². The summed E-state index contributed by atoms with van der Waals surface area (Å²) < 4.78 is 32.5. The average Bonchev–Trinajstić information content (AvgIpc) is 3.33. The summed E-state index contributed by atoms with van der Waals surface area (Å²) in [5.41, 5.74) is -0.244. The van der Waals surface area contributed by atoms with E-state index >= 15 is 0 Å². The van der Waals surface area contributed by atoms with Crippen LogP contribution in [0.25, 0.3) is 0 Å². The number of ketones is 1. The number of aliphatic hydroxyl groups is 1. The molecule has 2 aromatic rings. The number of fused-ring (bicyclic) bond motifs is 2. The molecule has 2 N–H and O–H groups in total. The van der Waals surface area contributed by atoms with Crippen LogP contribution < -0.4 is 4.74 Å². The quantitative estimate of drug-likeness (QED) is 0.209. The zero-order chi connectivity index (χ0) is 33.5. The van der Waals surface area contributed by atoms with E-state index in [0.29, 0.717) is 33.1 Å². The maximum absolute atomic E-state index is 13.8. The van der Waals surface area contributed by atoms with E-state index in [-0.39, 0.29) is 42.6 Å². The van der Waals surface area contributed by atoms with Crippen molar-refractivity contribution >= 4 is 34.3 Å². The number of aromatic hydroxyl groups is 1. The number of phenolic OH excluding ortho intramolecular Hbond substituents is 1. The van der Waals surface area contributed by atoms with Crippen LogP contribution >= 0.6 is 22.6 Å². The molecule has 1 saturated carbocycles. The molecular weight excluding hydrogens is 715 g/mol. The highest BCUT2D eigenvalue weighted by Crippen LogP contribution is 2.68. The number of esters is 1. The summed E-state index contributed by atoms with van der Waals surface area (Å²) in [4.78, 5) is 26.9. The Balaban J connectivity index is 1.26. The number of ether oxygens (including phenoxy) is 5. The largest absolute Gasteiger partial charge is 0.504 e. The Kier molecular flexibility index (Phi) is 7.79. The number of carbonyl (C=O) groups is 2. The van der Waals surface area contributed by atoms with Gasteiger partial charge in [-0.25, -0.2) is 0 Å². The molecule has 3 bridgehead atoms. The molecule has 7 rings (SSSR count). The SMILES string of the molecule is C=C(C)[C@]12C[C@@H](C)[C@@]34OC(Cc5ccccc5)(O[C@H]1[C@@H]3C=C(COC(=O)Cc1cc(I)c(O)c(OC)c1)C[C@]1(O)C(=O)C(C)=C[C@@H]41)O2. The van der Waals surface area contributed by atoms with Gasteiger partial charge in [0.05, 0.1) is 29.1 Å². The number of hydrogen-bond acceptors (Lipinski definition) is 9. The summed E-state index contributed by atoms with van der Waals surface area (Å²) in [6.45, 7) is 9.99. The fourth-order valence-corrected chi connectivity index (χ4v) is 9.43. The van der Waals surface area contributed by atoms with E-state index < -0.39 is 46.7 Å². The molecule has 0 aromatic heterocycles. The van der Waals surface area contributed by atoms with Gasteiger partial charge in [0.1, 0.15) is 23.9 Å². The standard InChI is InChI=1S/C37H39IO9/c1-20(2)35-16-22(4)37-26(33(35)45-36(46-35,47-37)18-23-9-7-6-8-10-23)12-25(17-34(42)29(37)11-21(3)32(34)41)19-44-30(39)15-24-13-27(38)31(40)28(14-24)43-5/h6-14,22,26,29,33,40,42H,1,15-19H2,2-5H3/t22-,26+,29-,33+,34-,35-,36?,37-/m1/s1. The molecule has 2 saturated heterocycles. The van der Waals surface area contributed by atoms with E-state index in [1.54, 1.807) is 19.1 Å². The van der Waals surface area contributed by atoms with Crippen LogP contribution in [0.15, 0.2) is 77.9 Å². The molecule has 47 heavy (non-hydrogen) atoms. The first-order valence-electron chi connectivity index (χ1n) is 15.9. The smallest absolute Gasteiger partial charge is 0.310 e. The van der Waals surface area contributed by atoms with E-state index in [4.69, 9.17) is 23.7 Å². The lowest BCUT2D eigenvalue weighted by Gasteiger charge is -2.59. The maximum atomic E-state index is 13.8. The van der Waals surface area contributed by atoms with Crippen molar-refractivity contribution in [2.24, 2.45) is 17.8 Å². The summed E-state index contributed by atoms with van der Waals surface area (Å²) in [7, 11) is 1.45. The Hall–Kier alpha value is -3.03. The Bertz CT molecular complexity index is 1730. The monoisotopic (exact) mass is 754 g/mol. The first kappa shape index (κ1) is 32.5. The summed E-state index contributed by atoms with van der Waals surface area (Å²) in [5.74, 6) is -3.34. The number of phenols is 1. The Morgan fingerprint density at radius 2 is 1.89 bits per heavy atom. The second-order valence-electron chi connectivity index (χ2n) is 13.8. The summed E-state index contributed by atoms with van der Waals surface area (Å²) >= 11 is 1.98. The van der Waals surface area contributed by atoms with Crippen molar-refractivity contribution in [2.45, 2.75) is 75.3 Å². The number of benzene rings is 2. The number of rotatable bonds is 8. The molecule has 9 nitrogen and oxygen atoms in total. The van der Waals surface area contributed by atoms with Crippen molar-refractivity contribution in [3.8, 4) is 11.5 Å². The molecule has 5 aliphatic rings. The van der Waals surface area contributed by atoms with Crippen molar-refractivity contribution in [2.75, 3.05) is 13.7 Å². The summed E-state index contributed by atoms with van der Waals surface area (Å²) in [6, 6.07) is 13.1. The number of hydrogen-bond donors (Lipinski definition) is 2. The Morgan fingerprint density at radius 3 is 2.60 bits per heavy atom. The fourth-order valence-electron chi connectivity index (χ4n) is 8.76. The minimum atomic E-state index is -1.81. The second-order valence-corrected chi connectivity index (χ2v) is 15.0. The molecule has 2 aromatic carbocycles. The van der Waals surface area contributed by atoms with Gasteiger partial charge in [0, 0.05) is 18.3 Å². The average molecular weight is 755 g/mol. The lowest BCUT2D eigenvalue weighted by molar-refractivity contribution is -0.421. The van der Waals surface area contributed by atoms with E-state index in [2.05, 4.69) is 13.5 Å². The van der Waals surface area contributed by atoms with E-state index in [9.17, 15) is 19.8 Å². The van der Waals surface area contributed by atoms with Crippen molar-refractivity contribution in [3.63, 3.8) is 0 Å². The highest BCUT2D eigenvalue weighted by molar-refractivity contribution is 14.1.